The van der Waals surface area contributed by atoms with E-state index in [1.165, 1.54) is 0 Å². The van der Waals surface area contributed by atoms with Gasteiger partial charge < -0.3 is 9.84 Å². The first kappa shape index (κ1) is 15.1. The molecule has 0 saturated heterocycles. The molecule has 3 rings (SSSR count). The second kappa shape index (κ2) is 6.52. The van der Waals surface area contributed by atoms with Gasteiger partial charge >= 0.3 is 0 Å². The molecule has 0 saturated carbocycles. The lowest BCUT2D eigenvalue weighted by Gasteiger charge is -2.07. The number of nitrogens with zero attached hydrogens (tertiary/aromatic N) is 3. The Morgan fingerprint density at radius 1 is 1.22 bits per heavy atom. The first-order valence-corrected chi connectivity index (χ1v) is 7.66. The molecule has 0 atom stereocenters. The molecule has 118 valence electrons. The Balaban J connectivity index is 1.86. The molecule has 0 amide bonds. The van der Waals surface area contributed by atoms with E-state index in [-0.39, 0.29) is 5.76 Å². The Morgan fingerprint density at radius 3 is 2.70 bits per heavy atom. The minimum atomic E-state index is 0.0232. The summed E-state index contributed by atoms with van der Waals surface area (Å²) in [6.45, 7) is 6.39. The minimum Gasteiger partial charge on any atom is -0.508 e. The van der Waals surface area contributed by atoms with E-state index in [1.54, 1.807) is 16.8 Å². The average Bonchev–Trinajstić information content (AvgIpc) is 2.99. The van der Waals surface area contributed by atoms with Crippen LogP contribution in [0.15, 0.2) is 49.0 Å². The van der Waals surface area contributed by atoms with Crippen molar-refractivity contribution in [3.63, 3.8) is 0 Å². The smallest absolute Gasteiger partial charge is 0.119 e. The highest BCUT2D eigenvalue weighted by Gasteiger charge is 2.08. The molecule has 0 aliphatic heterocycles. The number of benzene rings is 2. The number of ether oxygens (including phenoxy) is 1. The van der Waals surface area contributed by atoms with Gasteiger partial charge in [-0.1, -0.05) is 25.1 Å². The summed E-state index contributed by atoms with van der Waals surface area (Å²) >= 11 is 0. The molecule has 2 aromatic carbocycles. The lowest BCUT2D eigenvalue weighted by Crippen LogP contribution is -1.99. The van der Waals surface area contributed by atoms with Crippen LogP contribution < -0.4 is 4.74 Å². The number of hydrogen-bond acceptors (Lipinski definition) is 4. The SMILES string of the molecule is C=C(O)c1ccc2c(c1)nnn2-c1ccc(OCCCC)cc1. The molecule has 23 heavy (non-hydrogen) atoms. The van der Waals surface area contributed by atoms with Gasteiger partial charge in [-0.3, -0.25) is 0 Å². The van der Waals surface area contributed by atoms with Gasteiger partial charge in [-0.15, -0.1) is 5.10 Å². The van der Waals surface area contributed by atoms with E-state index in [1.807, 2.05) is 30.3 Å². The average molecular weight is 309 g/mol. The minimum absolute atomic E-state index is 0.0232. The molecular weight excluding hydrogens is 290 g/mol. The Kier molecular flexibility index (Phi) is 4.28. The zero-order chi connectivity index (χ0) is 16.2. The quantitative estimate of drug-likeness (QED) is 0.549. The normalized spacial score (nSPS) is 10.8. The molecule has 3 aromatic rings. The molecule has 0 spiro atoms. The molecule has 0 radical (unpaired) electrons. The molecule has 5 heteroatoms. The van der Waals surface area contributed by atoms with Gasteiger partial charge in [0.1, 0.15) is 17.0 Å². The molecule has 5 nitrogen and oxygen atoms in total. The van der Waals surface area contributed by atoms with E-state index in [9.17, 15) is 5.11 Å². The van der Waals surface area contributed by atoms with Gasteiger partial charge in [0.15, 0.2) is 0 Å². The lowest BCUT2D eigenvalue weighted by molar-refractivity contribution is 0.309. The van der Waals surface area contributed by atoms with Crippen molar-refractivity contribution < 1.29 is 9.84 Å². The Hall–Kier alpha value is -2.82. The third kappa shape index (κ3) is 3.18. The number of hydrogen-bond donors (Lipinski definition) is 1. The van der Waals surface area contributed by atoms with Crippen LogP contribution in [0.3, 0.4) is 0 Å². The summed E-state index contributed by atoms with van der Waals surface area (Å²) in [5, 5.41) is 17.8. The highest BCUT2D eigenvalue weighted by atomic mass is 16.5. The summed E-state index contributed by atoms with van der Waals surface area (Å²) in [4.78, 5) is 0. The Labute approximate surface area is 134 Å². The van der Waals surface area contributed by atoms with Crippen molar-refractivity contribution in [2.75, 3.05) is 6.61 Å². The second-order valence-electron chi connectivity index (χ2n) is 5.35. The van der Waals surface area contributed by atoms with Crippen LogP contribution in [0.1, 0.15) is 25.3 Å². The zero-order valence-electron chi connectivity index (χ0n) is 13.1. The maximum absolute atomic E-state index is 9.46. The molecule has 0 bridgehead atoms. The molecule has 0 unspecified atom stereocenters. The number of aromatic nitrogens is 3. The number of unbranched alkanes of at least 4 members (excludes halogenated alkanes) is 1. The summed E-state index contributed by atoms with van der Waals surface area (Å²) in [7, 11) is 0. The van der Waals surface area contributed by atoms with E-state index < -0.39 is 0 Å². The highest BCUT2D eigenvalue weighted by molar-refractivity contribution is 5.80. The monoisotopic (exact) mass is 309 g/mol. The predicted octanol–water partition coefficient (Wildman–Crippen LogP) is 4.13. The highest BCUT2D eigenvalue weighted by Crippen LogP contribution is 2.21. The molecule has 0 aliphatic carbocycles. The predicted molar refractivity (Wildman–Crippen MR) is 90.9 cm³/mol. The van der Waals surface area contributed by atoms with Crippen LogP contribution in [0.5, 0.6) is 5.75 Å². The molecule has 0 fully saturated rings. The fourth-order valence-corrected chi connectivity index (χ4v) is 2.31. The number of rotatable bonds is 6. The largest absolute Gasteiger partial charge is 0.508 e. The van der Waals surface area contributed by atoms with E-state index >= 15 is 0 Å². The third-order valence-electron chi connectivity index (χ3n) is 3.63. The van der Waals surface area contributed by atoms with Crippen LogP contribution in [0.25, 0.3) is 22.5 Å². The second-order valence-corrected chi connectivity index (χ2v) is 5.35. The molecule has 0 aliphatic rings. The Morgan fingerprint density at radius 2 is 2.00 bits per heavy atom. The van der Waals surface area contributed by atoms with Gasteiger partial charge in [-0.25, -0.2) is 4.68 Å². The van der Waals surface area contributed by atoms with Gasteiger partial charge in [0.25, 0.3) is 0 Å². The van der Waals surface area contributed by atoms with Crippen LogP contribution in [0, 0.1) is 0 Å². The van der Waals surface area contributed by atoms with E-state index in [0.29, 0.717) is 11.1 Å². The van der Waals surface area contributed by atoms with Crippen LogP contribution in [-0.4, -0.2) is 26.7 Å². The number of fused-ring (bicyclic) bond motifs is 1. The number of aliphatic hydroxyl groups excluding tert-OH is 1. The fourth-order valence-electron chi connectivity index (χ4n) is 2.31. The first-order chi connectivity index (χ1) is 11.2. The summed E-state index contributed by atoms with van der Waals surface area (Å²) in [5.74, 6) is 0.875. The number of aliphatic hydroxyl groups is 1. The van der Waals surface area contributed by atoms with Crippen molar-refractivity contribution in [2.45, 2.75) is 19.8 Å². The summed E-state index contributed by atoms with van der Waals surface area (Å²) < 4.78 is 7.42. The maximum atomic E-state index is 9.46. The van der Waals surface area contributed by atoms with Crippen molar-refractivity contribution in [3.8, 4) is 11.4 Å². The molecular formula is C18H19N3O2. The Bertz CT molecular complexity index is 822. The van der Waals surface area contributed by atoms with Crippen molar-refractivity contribution in [1.82, 2.24) is 15.0 Å². The maximum Gasteiger partial charge on any atom is 0.119 e. The molecule has 1 aromatic heterocycles. The van der Waals surface area contributed by atoms with Gasteiger partial charge in [0.05, 0.1) is 17.8 Å². The topological polar surface area (TPSA) is 60.2 Å². The standard InChI is InChI=1S/C18H19N3O2/c1-3-4-11-23-16-8-6-15(7-9-16)21-18-10-5-14(13(2)22)12-17(18)19-20-21/h5-10,12,22H,2-4,11H2,1H3. The van der Waals surface area contributed by atoms with Gasteiger partial charge in [0, 0.05) is 5.56 Å². The van der Waals surface area contributed by atoms with Crippen molar-refractivity contribution in [3.05, 3.63) is 54.6 Å². The molecule has 1 N–H and O–H groups in total. The van der Waals surface area contributed by atoms with E-state index in [0.717, 1.165) is 36.4 Å². The van der Waals surface area contributed by atoms with Crippen molar-refractivity contribution >= 4 is 16.8 Å². The van der Waals surface area contributed by atoms with Gasteiger partial charge in [-0.05, 0) is 48.9 Å². The first-order valence-electron chi connectivity index (χ1n) is 7.66. The van der Waals surface area contributed by atoms with E-state index in [4.69, 9.17) is 4.74 Å². The van der Waals surface area contributed by atoms with Crippen molar-refractivity contribution in [2.24, 2.45) is 0 Å². The van der Waals surface area contributed by atoms with Crippen LogP contribution in [0.4, 0.5) is 0 Å². The van der Waals surface area contributed by atoms with E-state index in [2.05, 4.69) is 23.8 Å². The van der Waals surface area contributed by atoms with Crippen LogP contribution in [0.2, 0.25) is 0 Å². The van der Waals surface area contributed by atoms with Crippen LogP contribution >= 0.6 is 0 Å². The zero-order valence-corrected chi connectivity index (χ0v) is 13.1. The summed E-state index contributed by atoms with van der Waals surface area (Å²) in [6.07, 6.45) is 2.17. The van der Waals surface area contributed by atoms with Crippen molar-refractivity contribution in [1.29, 1.82) is 0 Å². The lowest BCUT2D eigenvalue weighted by atomic mass is 10.2. The van der Waals surface area contributed by atoms with Gasteiger partial charge in [-0.2, -0.15) is 0 Å². The van der Waals surface area contributed by atoms with Gasteiger partial charge in [0.2, 0.25) is 0 Å². The molecule has 1 heterocycles. The van der Waals surface area contributed by atoms with Crippen LogP contribution in [-0.2, 0) is 0 Å². The third-order valence-corrected chi connectivity index (χ3v) is 3.63. The summed E-state index contributed by atoms with van der Waals surface area (Å²) in [6, 6.07) is 13.2. The fraction of sp³-hybridized carbons (Fsp3) is 0.222. The summed E-state index contributed by atoms with van der Waals surface area (Å²) in [5.41, 5.74) is 3.13.